The number of rotatable bonds is 6. The predicted octanol–water partition coefficient (Wildman–Crippen LogP) is 3.26. The molecule has 1 fully saturated rings. The molecule has 0 unspecified atom stereocenters. The van der Waals surface area contributed by atoms with E-state index in [0.29, 0.717) is 42.9 Å². The first-order chi connectivity index (χ1) is 16.4. The molecule has 0 atom stereocenters. The van der Waals surface area contributed by atoms with Gasteiger partial charge in [0.1, 0.15) is 5.82 Å². The molecule has 3 aromatic rings. The van der Waals surface area contributed by atoms with E-state index in [4.69, 9.17) is 0 Å². The van der Waals surface area contributed by atoms with Crippen LogP contribution < -0.4 is 4.90 Å². The van der Waals surface area contributed by atoms with E-state index in [-0.39, 0.29) is 24.2 Å². The first kappa shape index (κ1) is 22.3. The van der Waals surface area contributed by atoms with Crippen LogP contribution in [0.25, 0.3) is 0 Å². The molecule has 1 saturated heterocycles. The van der Waals surface area contributed by atoms with E-state index in [9.17, 15) is 14.0 Å². The van der Waals surface area contributed by atoms with Gasteiger partial charge in [-0.25, -0.2) is 4.39 Å². The van der Waals surface area contributed by atoms with Crippen molar-refractivity contribution in [2.45, 2.75) is 26.9 Å². The number of carbonyl (C=O) groups is 2. The molecule has 5 rings (SSSR count). The molecule has 34 heavy (non-hydrogen) atoms. The van der Waals surface area contributed by atoms with Crippen LogP contribution in [0.1, 0.15) is 37.7 Å². The molecule has 2 aromatic carbocycles. The number of nitrogens with zero attached hydrogens (tertiary/aromatic N) is 5. The van der Waals surface area contributed by atoms with E-state index in [1.165, 1.54) is 11.0 Å². The maximum Gasteiger partial charge on any atom is 0.263 e. The van der Waals surface area contributed by atoms with Crippen molar-refractivity contribution in [3.05, 3.63) is 82.4 Å². The largest absolute Gasteiger partial charge is 0.368 e. The maximum absolute atomic E-state index is 14.0. The van der Waals surface area contributed by atoms with Crippen molar-refractivity contribution in [2.75, 3.05) is 37.6 Å². The average molecular weight is 462 g/mol. The molecule has 0 N–H and O–H groups in total. The van der Waals surface area contributed by atoms with Gasteiger partial charge in [0.25, 0.3) is 11.8 Å². The van der Waals surface area contributed by atoms with Crippen molar-refractivity contribution >= 4 is 17.5 Å². The standard InChI is InChI=1S/C26H28FN5O2/c1-18-16-19(2)32(28-18)15-14-31-25(33)21-7-5-9-23(24(21)26(31)34)30-12-10-29(11-13-30)17-20-6-3-4-8-22(20)27/h3-9,16H,10-15,17H2,1-2H3. The normalized spacial score (nSPS) is 16.4. The number of hydrogen-bond donors (Lipinski definition) is 0. The Morgan fingerprint density at radius 2 is 1.68 bits per heavy atom. The molecular weight excluding hydrogens is 433 g/mol. The molecule has 7 nitrogen and oxygen atoms in total. The van der Waals surface area contributed by atoms with Gasteiger partial charge < -0.3 is 4.90 Å². The summed E-state index contributed by atoms with van der Waals surface area (Å²) in [5.41, 5.74) is 4.36. The zero-order valence-corrected chi connectivity index (χ0v) is 19.5. The number of anilines is 1. The number of carbonyl (C=O) groups excluding carboxylic acids is 2. The number of benzene rings is 2. The Kier molecular flexibility index (Phi) is 5.91. The summed E-state index contributed by atoms with van der Waals surface area (Å²) in [4.78, 5) is 32.1. The molecule has 0 bridgehead atoms. The summed E-state index contributed by atoms with van der Waals surface area (Å²) in [6.45, 7) is 8.12. The highest BCUT2D eigenvalue weighted by Crippen LogP contribution is 2.32. The van der Waals surface area contributed by atoms with E-state index in [2.05, 4.69) is 14.9 Å². The summed E-state index contributed by atoms with van der Waals surface area (Å²) in [5.74, 6) is -0.678. The van der Waals surface area contributed by atoms with Crippen LogP contribution in [0.4, 0.5) is 10.1 Å². The predicted molar refractivity (Wildman–Crippen MR) is 127 cm³/mol. The summed E-state index contributed by atoms with van der Waals surface area (Å²) in [7, 11) is 0. The Morgan fingerprint density at radius 3 is 2.38 bits per heavy atom. The van der Waals surface area contributed by atoms with Crippen LogP contribution in [0.15, 0.2) is 48.5 Å². The van der Waals surface area contributed by atoms with Gasteiger partial charge in [0.05, 0.1) is 29.1 Å². The van der Waals surface area contributed by atoms with Crippen molar-refractivity contribution in [3.63, 3.8) is 0 Å². The van der Waals surface area contributed by atoms with Gasteiger partial charge in [-0.1, -0.05) is 24.3 Å². The molecular formula is C26H28FN5O2. The number of aromatic nitrogens is 2. The average Bonchev–Trinajstić information content (AvgIpc) is 3.29. The van der Waals surface area contributed by atoms with Gasteiger partial charge in [0.15, 0.2) is 0 Å². The molecule has 2 aliphatic rings. The quantitative estimate of drug-likeness (QED) is 0.528. The van der Waals surface area contributed by atoms with Gasteiger partial charge in [-0.05, 0) is 38.1 Å². The van der Waals surface area contributed by atoms with Crippen molar-refractivity contribution in [1.82, 2.24) is 19.6 Å². The Labute approximate surface area is 198 Å². The number of amides is 2. The van der Waals surface area contributed by atoms with Crippen LogP contribution in [0.5, 0.6) is 0 Å². The lowest BCUT2D eigenvalue weighted by molar-refractivity contribution is 0.0647. The lowest BCUT2D eigenvalue weighted by atomic mass is 10.1. The van der Waals surface area contributed by atoms with E-state index < -0.39 is 0 Å². The lowest BCUT2D eigenvalue weighted by Gasteiger charge is -2.36. The van der Waals surface area contributed by atoms with Crippen molar-refractivity contribution in [1.29, 1.82) is 0 Å². The fourth-order valence-electron chi connectivity index (χ4n) is 4.89. The smallest absolute Gasteiger partial charge is 0.263 e. The highest BCUT2D eigenvalue weighted by molar-refractivity contribution is 6.23. The highest BCUT2D eigenvalue weighted by atomic mass is 19.1. The fraction of sp³-hybridized carbons (Fsp3) is 0.346. The van der Waals surface area contributed by atoms with Gasteiger partial charge in [-0.2, -0.15) is 5.10 Å². The third kappa shape index (κ3) is 4.09. The van der Waals surface area contributed by atoms with Crippen LogP contribution in [0, 0.1) is 19.7 Å². The summed E-state index contributed by atoms with van der Waals surface area (Å²) in [6, 6.07) is 14.3. The molecule has 3 heterocycles. The van der Waals surface area contributed by atoms with Gasteiger partial charge in [0.2, 0.25) is 0 Å². The first-order valence-electron chi connectivity index (χ1n) is 11.6. The van der Waals surface area contributed by atoms with Gasteiger partial charge in [-0.15, -0.1) is 0 Å². The molecule has 8 heteroatoms. The van der Waals surface area contributed by atoms with Crippen LogP contribution in [-0.4, -0.2) is 64.1 Å². The third-order valence-electron chi connectivity index (χ3n) is 6.68. The number of fused-ring (bicyclic) bond motifs is 1. The number of hydrogen-bond acceptors (Lipinski definition) is 5. The van der Waals surface area contributed by atoms with E-state index in [0.717, 1.165) is 30.2 Å². The second kappa shape index (κ2) is 9.02. The SMILES string of the molecule is Cc1cc(C)n(CCN2C(=O)c3cccc(N4CCN(Cc5ccccc5F)CC4)c3C2=O)n1. The highest BCUT2D eigenvalue weighted by Gasteiger charge is 2.38. The minimum atomic E-state index is -0.249. The minimum Gasteiger partial charge on any atom is -0.368 e. The number of halogens is 1. The molecule has 176 valence electrons. The number of imide groups is 1. The second-order valence-electron chi connectivity index (χ2n) is 8.97. The number of aryl methyl sites for hydroxylation is 2. The Morgan fingerprint density at radius 1 is 0.912 bits per heavy atom. The van der Waals surface area contributed by atoms with Crippen LogP contribution >= 0.6 is 0 Å². The summed E-state index contributed by atoms with van der Waals surface area (Å²) < 4.78 is 15.9. The third-order valence-corrected chi connectivity index (χ3v) is 6.68. The molecule has 0 saturated carbocycles. The molecule has 0 spiro atoms. The Hall–Kier alpha value is -3.52. The number of piperazine rings is 1. The van der Waals surface area contributed by atoms with Crippen LogP contribution in [-0.2, 0) is 13.1 Å². The fourth-order valence-corrected chi connectivity index (χ4v) is 4.89. The molecule has 0 radical (unpaired) electrons. The van der Waals surface area contributed by atoms with Gasteiger partial charge in [0, 0.05) is 50.5 Å². The Bertz CT molecular complexity index is 1250. The molecule has 0 aliphatic carbocycles. The zero-order valence-electron chi connectivity index (χ0n) is 19.5. The second-order valence-corrected chi connectivity index (χ2v) is 8.97. The van der Waals surface area contributed by atoms with Crippen molar-refractivity contribution < 1.29 is 14.0 Å². The first-order valence-corrected chi connectivity index (χ1v) is 11.6. The lowest BCUT2D eigenvalue weighted by Crippen LogP contribution is -2.46. The molecule has 1 aromatic heterocycles. The van der Waals surface area contributed by atoms with E-state index in [1.807, 2.05) is 48.9 Å². The molecule has 2 aliphatic heterocycles. The minimum absolute atomic E-state index is 0.185. The summed E-state index contributed by atoms with van der Waals surface area (Å²) in [6.07, 6.45) is 0. The van der Waals surface area contributed by atoms with Gasteiger partial charge in [-0.3, -0.25) is 24.1 Å². The van der Waals surface area contributed by atoms with Crippen molar-refractivity contribution in [2.24, 2.45) is 0 Å². The van der Waals surface area contributed by atoms with Crippen LogP contribution in [0.3, 0.4) is 0 Å². The van der Waals surface area contributed by atoms with Gasteiger partial charge >= 0.3 is 0 Å². The Balaban J connectivity index is 1.28. The van der Waals surface area contributed by atoms with Crippen LogP contribution in [0.2, 0.25) is 0 Å². The molecule has 2 amide bonds. The maximum atomic E-state index is 14.0. The monoisotopic (exact) mass is 461 g/mol. The zero-order chi connectivity index (χ0) is 23.8. The topological polar surface area (TPSA) is 61.7 Å². The summed E-state index contributed by atoms with van der Waals surface area (Å²) in [5, 5.41) is 4.43. The van der Waals surface area contributed by atoms with E-state index in [1.54, 1.807) is 12.1 Å². The summed E-state index contributed by atoms with van der Waals surface area (Å²) >= 11 is 0. The van der Waals surface area contributed by atoms with Crippen molar-refractivity contribution in [3.8, 4) is 0 Å². The van der Waals surface area contributed by atoms with E-state index >= 15 is 0 Å².